The third-order valence-electron chi connectivity index (χ3n) is 3.46. The van der Waals surface area contributed by atoms with Gasteiger partial charge in [-0.15, -0.1) is 0 Å². The molecule has 0 bridgehead atoms. The summed E-state index contributed by atoms with van der Waals surface area (Å²) in [6, 6.07) is 0. The molecule has 106 valence electrons. The van der Waals surface area contributed by atoms with Crippen LogP contribution < -0.4 is 0 Å². The fourth-order valence-corrected chi connectivity index (χ4v) is 2.46. The smallest absolute Gasteiger partial charge is 0.427 e. The average Bonchev–Trinajstić information content (AvgIpc) is 2.48. The van der Waals surface area contributed by atoms with Gasteiger partial charge in [0.25, 0.3) is 0 Å². The first-order valence-corrected chi connectivity index (χ1v) is 7.00. The highest BCUT2D eigenvalue weighted by Crippen LogP contribution is 2.23. The molecule has 0 spiro atoms. The average molecular weight is 268 g/mol. The fourth-order valence-electron chi connectivity index (χ4n) is 2.46. The minimum atomic E-state index is -0.944. The van der Waals surface area contributed by atoms with E-state index in [1.165, 1.54) is 0 Å². The van der Waals surface area contributed by atoms with E-state index in [2.05, 4.69) is 16.9 Å². The van der Waals surface area contributed by atoms with Gasteiger partial charge in [0, 0.05) is 0 Å². The first-order chi connectivity index (χ1) is 9.25. The number of hydrogen-bond donors (Lipinski definition) is 0. The van der Waals surface area contributed by atoms with Gasteiger partial charge >= 0.3 is 12.3 Å². The van der Waals surface area contributed by atoms with Gasteiger partial charge in [-0.3, -0.25) is 0 Å². The lowest BCUT2D eigenvalue weighted by Crippen LogP contribution is -2.31. The van der Waals surface area contributed by atoms with E-state index in [-0.39, 0.29) is 12.2 Å². The Labute approximate surface area is 112 Å². The number of ether oxygens (including phenoxy) is 3. The molecular weight excluding hydrogens is 248 g/mol. The molecule has 0 saturated carbocycles. The van der Waals surface area contributed by atoms with Crippen LogP contribution in [-0.2, 0) is 14.2 Å². The first-order valence-electron chi connectivity index (χ1n) is 7.00. The third kappa shape index (κ3) is 4.58. The van der Waals surface area contributed by atoms with Crippen molar-refractivity contribution in [2.45, 2.75) is 63.6 Å². The van der Waals surface area contributed by atoms with Crippen LogP contribution in [0.2, 0.25) is 0 Å². The van der Waals surface area contributed by atoms with E-state index in [4.69, 9.17) is 9.47 Å². The zero-order chi connectivity index (χ0) is 13.5. The van der Waals surface area contributed by atoms with Gasteiger partial charge in [-0.25, -0.2) is 9.59 Å². The molecule has 1 saturated heterocycles. The molecule has 0 aromatic rings. The van der Waals surface area contributed by atoms with E-state index in [9.17, 15) is 9.59 Å². The molecule has 5 nitrogen and oxygen atoms in total. The number of hydrogen-bond acceptors (Lipinski definition) is 5. The lowest BCUT2D eigenvalue weighted by Gasteiger charge is -2.22. The summed E-state index contributed by atoms with van der Waals surface area (Å²) in [6.45, 7) is 0. The van der Waals surface area contributed by atoms with E-state index in [0.717, 1.165) is 44.9 Å². The molecule has 0 amide bonds. The maximum absolute atomic E-state index is 11.3. The lowest BCUT2D eigenvalue weighted by atomic mass is 9.99. The standard InChI is InChI=1S/C14H20O5/c15-13-17-11-9-7-5-3-1-2-4-6-8-10-12(11)18-14(16)19-13/h1,3,11-12H,2,4-10H2. The largest absolute Gasteiger partial charge is 0.518 e. The highest BCUT2D eigenvalue weighted by atomic mass is 16.8. The van der Waals surface area contributed by atoms with E-state index < -0.39 is 12.3 Å². The number of fused-ring (bicyclic) bond motifs is 1. The van der Waals surface area contributed by atoms with Crippen LogP contribution in [0.4, 0.5) is 9.59 Å². The van der Waals surface area contributed by atoms with Crippen molar-refractivity contribution >= 4 is 12.3 Å². The minimum absolute atomic E-state index is 0.373. The number of carbonyl (C=O) groups excluding carboxylic acids is 2. The molecule has 1 heterocycles. The fraction of sp³-hybridized carbons (Fsp3) is 0.714. The normalized spacial score (nSPS) is 29.7. The lowest BCUT2D eigenvalue weighted by molar-refractivity contribution is 0.00330. The second-order valence-electron chi connectivity index (χ2n) is 4.95. The molecule has 19 heavy (non-hydrogen) atoms. The van der Waals surface area contributed by atoms with Gasteiger partial charge in [-0.1, -0.05) is 18.6 Å². The van der Waals surface area contributed by atoms with Crippen LogP contribution in [0.5, 0.6) is 0 Å². The summed E-state index contributed by atoms with van der Waals surface area (Å²) < 4.78 is 14.7. The molecule has 2 aliphatic rings. The van der Waals surface area contributed by atoms with E-state index in [0.29, 0.717) is 6.42 Å². The van der Waals surface area contributed by atoms with Crippen molar-refractivity contribution in [3.05, 3.63) is 12.2 Å². The number of rotatable bonds is 0. The van der Waals surface area contributed by atoms with Crippen LogP contribution in [0.1, 0.15) is 51.4 Å². The van der Waals surface area contributed by atoms with E-state index >= 15 is 0 Å². The molecule has 0 aromatic heterocycles. The molecule has 1 aliphatic heterocycles. The van der Waals surface area contributed by atoms with Gasteiger partial charge in [0.1, 0.15) is 12.2 Å². The van der Waals surface area contributed by atoms with Gasteiger partial charge in [0.05, 0.1) is 0 Å². The summed E-state index contributed by atoms with van der Waals surface area (Å²) in [5.41, 5.74) is 0. The number of carbonyl (C=O) groups is 2. The van der Waals surface area contributed by atoms with E-state index in [1.54, 1.807) is 0 Å². The van der Waals surface area contributed by atoms with Crippen molar-refractivity contribution in [2.75, 3.05) is 0 Å². The molecule has 2 unspecified atom stereocenters. The molecule has 2 atom stereocenters. The highest BCUT2D eigenvalue weighted by Gasteiger charge is 2.34. The second kappa shape index (κ2) is 7.16. The predicted octanol–water partition coefficient (Wildman–Crippen LogP) is 3.72. The van der Waals surface area contributed by atoms with Crippen molar-refractivity contribution in [2.24, 2.45) is 0 Å². The van der Waals surface area contributed by atoms with Crippen LogP contribution in [0.3, 0.4) is 0 Å². The Kier molecular flexibility index (Phi) is 5.24. The van der Waals surface area contributed by atoms with Crippen LogP contribution in [0.15, 0.2) is 12.2 Å². The maximum atomic E-state index is 11.3. The summed E-state index contributed by atoms with van der Waals surface area (Å²) in [4.78, 5) is 22.5. The molecule has 0 aromatic carbocycles. The molecular formula is C14H20O5. The summed E-state index contributed by atoms with van der Waals surface area (Å²) in [7, 11) is 0. The SMILES string of the molecule is O=C1OC(=O)OC2CCCCCC=CCCCC2O1. The summed E-state index contributed by atoms with van der Waals surface area (Å²) in [5.74, 6) is 0. The molecule has 1 aliphatic carbocycles. The first kappa shape index (κ1) is 13.9. The molecule has 0 N–H and O–H groups in total. The van der Waals surface area contributed by atoms with Gasteiger partial charge in [-0.2, -0.15) is 0 Å². The van der Waals surface area contributed by atoms with Crippen LogP contribution >= 0.6 is 0 Å². The maximum Gasteiger partial charge on any atom is 0.518 e. The number of allylic oxidation sites excluding steroid dienone is 2. The summed E-state index contributed by atoms with van der Waals surface area (Å²) in [5, 5.41) is 0. The molecule has 2 rings (SSSR count). The Bertz CT molecular complexity index is 350. The zero-order valence-corrected chi connectivity index (χ0v) is 11.0. The van der Waals surface area contributed by atoms with Gasteiger partial charge in [-0.05, 0) is 44.9 Å². The topological polar surface area (TPSA) is 61.8 Å². The van der Waals surface area contributed by atoms with Gasteiger partial charge in [0.2, 0.25) is 0 Å². The Morgan fingerprint density at radius 3 is 2.05 bits per heavy atom. The van der Waals surface area contributed by atoms with Crippen molar-refractivity contribution in [3.8, 4) is 0 Å². The summed E-state index contributed by atoms with van der Waals surface area (Å²) >= 11 is 0. The third-order valence-corrected chi connectivity index (χ3v) is 3.46. The monoisotopic (exact) mass is 268 g/mol. The van der Waals surface area contributed by atoms with Crippen LogP contribution in [0.25, 0.3) is 0 Å². The molecule has 0 radical (unpaired) electrons. The van der Waals surface area contributed by atoms with Crippen LogP contribution in [0, 0.1) is 0 Å². The quantitative estimate of drug-likeness (QED) is 0.380. The molecule has 5 heteroatoms. The van der Waals surface area contributed by atoms with Crippen molar-refractivity contribution in [1.29, 1.82) is 0 Å². The Balaban J connectivity index is 2.01. The number of cyclic esters (lactones) is 2. The van der Waals surface area contributed by atoms with Crippen molar-refractivity contribution in [1.82, 2.24) is 0 Å². The Hall–Kier alpha value is -1.52. The van der Waals surface area contributed by atoms with E-state index in [1.807, 2.05) is 0 Å². The van der Waals surface area contributed by atoms with Crippen LogP contribution in [-0.4, -0.2) is 24.5 Å². The Morgan fingerprint density at radius 2 is 1.37 bits per heavy atom. The second-order valence-corrected chi connectivity index (χ2v) is 4.95. The Morgan fingerprint density at radius 1 is 0.789 bits per heavy atom. The van der Waals surface area contributed by atoms with Gasteiger partial charge in [0.15, 0.2) is 0 Å². The summed E-state index contributed by atoms with van der Waals surface area (Å²) in [6.07, 6.45) is 9.29. The predicted molar refractivity (Wildman–Crippen MR) is 67.7 cm³/mol. The van der Waals surface area contributed by atoms with Gasteiger partial charge < -0.3 is 14.2 Å². The van der Waals surface area contributed by atoms with Crippen molar-refractivity contribution in [3.63, 3.8) is 0 Å². The highest BCUT2D eigenvalue weighted by molar-refractivity contribution is 5.77. The van der Waals surface area contributed by atoms with Crippen molar-refractivity contribution < 1.29 is 23.8 Å². The minimum Gasteiger partial charge on any atom is -0.427 e. The zero-order valence-electron chi connectivity index (χ0n) is 11.0. The molecule has 1 fully saturated rings.